The quantitative estimate of drug-likeness (QED) is 0.560. The van der Waals surface area contributed by atoms with Crippen molar-refractivity contribution in [2.24, 2.45) is 0 Å². The molecule has 142 valence electrons. The second kappa shape index (κ2) is 7.00. The third-order valence-electron chi connectivity index (χ3n) is 5.24. The average Bonchev–Trinajstić information content (AvgIpc) is 3.02. The van der Waals surface area contributed by atoms with Gasteiger partial charge in [0.25, 0.3) is 0 Å². The van der Waals surface area contributed by atoms with Gasteiger partial charge in [0, 0.05) is 51.0 Å². The summed E-state index contributed by atoms with van der Waals surface area (Å²) in [6.07, 6.45) is 0.964. The maximum Gasteiger partial charge on any atom is 0.244 e. The van der Waals surface area contributed by atoms with Crippen LogP contribution in [0.25, 0.3) is 21.8 Å². The lowest BCUT2D eigenvalue weighted by Gasteiger charge is -2.14. The van der Waals surface area contributed by atoms with Gasteiger partial charge in [-0.1, -0.05) is 31.2 Å². The van der Waals surface area contributed by atoms with Crippen LogP contribution in [0, 0.1) is 13.8 Å². The molecule has 2 N–H and O–H groups in total. The molecule has 2 aromatic carbocycles. The number of nitrogens with one attached hydrogen (secondary N) is 2. The molecular formula is C23H23N3O2. The van der Waals surface area contributed by atoms with E-state index < -0.39 is 0 Å². The van der Waals surface area contributed by atoms with Crippen molar-refractivity contribution in [3.05, 3.63) is 75.7 Å². The zero-order valence-corrected chi connectivity index (χ0v) is 16.3. The van der Waals surface area contributed by atoms with Gasteiger partial charge in [-0.05, 0) is 38.0 Å². The Hall–Kier alpha value is -3.34. The van der Waals surface area contributed by atoms with Crippen LogP contribution in [-0.4, -0.2) is 15.5 Å². The van der Waals surface area contributed by atoms with Crippen LogP contribution in [0.4, 0.5) is 5.69 Å². The number of carbonyl (C=O) groups excluding carboxylic acids is 1. The van der Waals surface area contributed by atoms with Gasteiger partial charge in [-0.2, -0.15) is 0 Å². The highest BCUT2D eigenvalue weighted by Gasteiger charge is 2.11. The van der Waals surface area contributed by atoms with Crippen LogP contribution in [0.1, 0.15) is 23.9 Å². The van der Waals surface area contributed by atoms with E-state index in [9.17, 15) is 9.59 Å². The second-order valence-electron chi connectivity index (χ2n) is 7.19. The molecule has 0 saturated heterocycles. The normalized spacial score (nSPS) is 11.2. The fraction of sp³-hybridized carbons (Fsp3) is 0.217. The number of carbonyl (C=O) groups is 1. The highest BCUT2D eigenvalue weighted by molar-refractivity contribution is 6.09. The van der Waals surface area contributed by atoms with E-state index in [1.54, 1.807) is 12.1 Å². The molecule has 0 spiro atoms. The number of hydrogen-bond acceptors (Lipinski definition) is 2. The minimum absolute atomic E-state index is 0.0395. The molecule has 4 aromatic rings. The number of para-hydroxylation sites is 1. The number of nitrogens with zero attached hydrogens (tertiary/aromatic N) is 1. The zero-order chi connectivity index (χ0) is 19.8. The standard InChI is InChI=1S/C23H23N3O2/c1-4-16-6-5-7-20-19-9-8-17(12-21(19)25-23(16)20)24-22(28)13-26-14(2)10-18(27)11-15(26)3/h5-12,25H,4,13H2,1-3H3,(H,24,28). The third-order valence-corrected chi connectivity index (χ3v) is 5.24. The number of benzene rings is 2. The Balaban J connectivity index is 1.62. The summed E-state index contributed by atoms with van der Waals surface area (Å²) in [5.74, 6) is -0.125. The Kier molecular flexibility index (Phi) is 4.51. The summed E-state index contributed by atoms with van der Waals surface area (Å²) < 4.78 is 1.84. The predicted octanol–water partition coefficient (Wildman–Crippen LogP) is 4.30. The van der Waals surface area contributed by atoms with Gasteiger partial charge in [-0.25, -0.2) is 0 Å². The first-order chi connectivity index (χ1) is 13.5. The van der Waals surface area contributed by atoms with Crippen LogP contribution >= 0.6 is 0 Å². The number of anilines is 1. The van der Waals surface area contributed by atoms with Crippen LogP contribution in [0.2, 0.25) is 0 Å². The van der Waals surface area contributed by atoms with Gasteiger partial charge in [-0.15, -0.1) is 0 Å². The first-order valence-electron chi connectivity index (χ1n) is 9.47. The lowest BCUT2D eigenvalue weighted by molar-refractivity contribution is -0.116. The minimum atomic E-state index is -0.125. The highest BCUT2D eigenvalue weighted by Crippen LogP contribution is 2.29. The molecule has 0 atom stereocenters. The molecule has 0 aliphatic carbocycles. The number of amides is 1. The molecule has 0 aliphatic heterocycles. The van der Waals surface area contributed by atoms with E-state index in [1.165, 1.54) is 10.9 Å². The predicted molar refractivity (Wildman–Crippen MR) is 114 cm³/mol. The molecule has 5 nitrogen and oxygen atoms in total. The number of aromatic nitrogens is 2. The Bertz CT molecular complexity index is 1240. The van der Waals surface area contributed by atoms with Crippen molar-refractivity contribution in [3.8, 4) is 0 Å². The molecule has 0 unspecified atom stereocenters. The van der Waals surface area contributed by atoms with Gasteiger partial charge >= 0.3 is 0 Å². The van der Waals surface area contributed by atoms with E-state index in [4.69, 9.17) is 0 Å². The average molecular weight is 373 g/mol. The molecular weight excluding hydrogens is 350 g/mol. The lowest BCUT2D eigenvalue weighted by atomic mass is 10.1. The van der Waals surface area contributed by atoms with Crippen molar-refractivity contribution in [1.82, 2.24) is 9.55 Å². The monoisotopic (exact) mass is 373 g/mol. The van der Waals surface area contributed by atoms with E-state index in [2.05, 4.69) is 35.4 Å². The van der Waals surface area contributed by atoms with E-state index in [0.29, 0.717) is 0 Å². The van der Waals surface area contributed by atoms with E-state index in [-0.39, 0.29) is 17.9 Å². The summed E-state index contributed by atoms with van der Waals surface area (Å²) in [4.78, 5) is 27.6. The van der Waals surface area contributed by atoms with Crippen molar-refractivity contribution in [2.75, 3.05) is 5.32 Å². The number of fused-ring (bicyclic) bond motifs is 3. The van der Waals surface area contributed by atoms with Gasteiger partial charge in [0.05, 0.1) is 0 Å². The fourth-order valence-electron chi connectivity index (χ4n) is 3.84. The molecule has 1 amide bonds. The summed E-state index contributed by atoms with van der Waals surface area (Å²) in [6.45, 7) is 5.99. The van der Waals surface area contributed by atoms with Crippen LogP contribution in [0.5, 0.6) is 0 Å². The van der Waals surface area contributed by atoms with Gasteiger partial charge in [-0.3, -0.25) is 9.59 Å². The maximum atomic E-state index is 12.6. The molecule has 0 fully saturated rings. The van der Waals surface area contributed by atoms with Crippen LogP contribution in [0.3, 0.4) is 0 Å². The topological polar surface area (TPSA) is 66.9 Å². The Morgan fingerprint density at radius 2 is 1.79 bits per heavy atom. The van der Waals surface area contributed by atoms with Crippen molar-refractivity contribution in [2.45, 2.75) is 33.7 Å². The summed E-state index contributed by atoms with van der Waals surface area (Å²) in [6, 6.07) is 15.4. The minimum Gasteiger partial charge on any atom is -0.354 e. The van der Waals surface area contributed by atoms with Crippen molar-refractivity contribution in [3.63, 3.8) is 0 Å². The van der Waals surface area contributed by atoms with Gasteiger partial charge in [0.1, 0.15) is 6.54 Å². The van der Waals surface area contributed by atoms with Gasteiger partial charge in [0.15, 0.2) is 5.43 Å². The molecule has 5 heteroatoms. The van der Waals surface area contributed by atoms with E-state index in [0.717, 1.165) is 39.9 Å². The number of aromatic amines is 1. The highest BCUT2D eigenvalue weighted by atomic mass is 16.2. The second-order valence-corrected chi connectivity index (χ2v) is 7.19. The summed E-state index contributed by atoms with van der Waals surface area (Å²) in [5.41, 5.74) is 5.70. The largest absolute Gasteiger partial charge is 0.354 e. The Labute approximate surface area is 163 Å². The summed E-state index contributed by atoms with van der Waals surface area (Å²) in [5, 5.41) is 5.32. The molecule has 2 aromatic heterocycles. The first kappa shape index (κ1) is 18.0. The fourth-order valence-corrected chi connectivity index (χ4v) is 3.84. The van der Waals surface area contributed by atoms with Crippen molar-refractivity contribution in [1.29, 1.82) is 0 Å². The first-order valence-corrected chi connectivity index (χ1v) is 9.47. The number of pyridine rings is 1. The number of H-pyrrole nitrogens is 1. The summed E-state index contributed by atoms with van der Waals surface area (Å²) in [7, 11) is 0. The van der Waals surface area contributed by atoms with Crippen LogP contribution < -0.4 is 10.7 Å². The number of aryl methyl sites for hydroxylation is 3. The molecule has 0 aliphatic rings. The van der Waals surface area contributed by atoms with Crippen LogP contribution in [0.15, 0.2) is 53.3 Å². The Morgan fingerprint density at radius 1 is 1.04 bits per heavy atom. The molecule has 0 saturated carbocycles. The number of rotatable bonds is 4. The smallest absolute Gasteiger partial charge is 0.244 e. The molecule has 0 radical (unpaired) electrons. The number of hydrogen-bond donors (Lipinski definition) is 2. The van der Waals surface area contributed by atoms with E-state index >= 15 is 0 Å². The zero-order valence-electron chi connectivity index (χ0n) is 16.3. The SMILES string of the molecule is CCc1cccc2c1[nH]c1cc(NC(=O)Cn3c(C)cc(=O)cc3C)ccc12. The molecule has 4 rings (SSSR count). The third kappa shape index (κ3) is 3.20. The Morgan fingerprint density at radius 3 is 2.50 bits per heavy atom. The molecule has 28 heavy (non-hydrogen) atoms. The van der Waals surface area contributed by atoms with Crippen molar-refractivity contribution < 1.29 is 4.79 Å². The van der Waals surface area contributed by atoms with Gasteiger partial charge < -0.3 is 14.9 Å². The lowest BCUT2D eigenvalue weighted by Crippen LogP contribution is -2.23. The van der Waals surface area contributed by atoms with E-state index in [1.807, 2.05) is 36.6 Å². The molecule has 0 bridgehead atoms. The van der Waals surface area contributed by atoms with Crippen molar-refractivity contribution >= 4 is 33.4 Å². The summed E-state index contributed by atoms with van der Waals surface area (Å²) >= 11 is 0. The van der Waals surface area contributed by atoms with Crippen LogP contribution in [-0.2, 0) is 17.8 Å². The van der Waals surface area contributed by atoms with Gasteiger partial charge in [0.2, 0.25) is 5.91 Å². The molecule has 2 heterocycles. The maximum absolute atomic E-state index is 12.6.